The predicted molar refractivity (Wildman–Crippen MR) is 49.8 cm³/mol. The highest BCUT2D eigenvalue weighted by Crippen LogP contribution is 2.00. The van der Waals surface area contributed by atoms with Gasteiger partial charge in [0, 0.05) is 19.2 Å². The zero-order chi connectivity index (χ0) is 8.97. The van der Waals surface area contributed by atoms with Crippen LogP contribution in [0.25, 0.3) is 0 Å². The molecule has 1 aromatic heterocycles. The van der Waals surface area contributed by atoms with E-state index in [-0.39, 0.29) is 0 Å². The molecule has 0 aliphatic heterocycles. The molecule has 0 aromatic carbocycles. The van der Waals surface area contributed by atoms with Gasteiger partial charge < -0.3 is 5.73 Å². The third kappa shape index (κ3) is 2.66. The number of aromatic nitrogens is 2. The van der Waals surface area contributed by atoms with Crippen LogP contribution < -0.4 is 5.73 Å². The Morgan fingerprint density at radius 2 is 2.33 bits per heavy atom. The largest absolute Gasteiger partial charge is 0.330 e. The van der Waals surface area contributed by atoms with E-state index in [1.54, 1.807) is 0 Å². The van der Waals surface area contributed by atoms with Crippen LogP contribution in [0.4, 0.5) is 0 Å². The van der Waals surface area contributed by atoms with E-state index in [1.165, 1.54) is 0 Å². The van der Waals surface area contributed by atoms with E-state index in [4.69, 9.17) is 5.73 Å². The van der Waals surface area contributed by atoms with Gasteiger partial charge in [0.25, 0.3) is 0 Å². The molecule has 0 unspecified atom stereocenters. The highest BCUT2D eigenvalue weighted by Gasteiger charge is 1.99. The summed E-state index contributed by atoms with van der Waals surface area (Å²) in [5, 5.41) is 4.38. The minimum atomic E-state index is 0.649. The molecular weight excluding hydrogens is 150 g/mol. The van der Waals surface area contributed by atoms with Crippen molar-refractivity contribution in [2.24, 2.45) is 11.7 Å². The number of hydrogen-bond donors (Lipinski definition) is 1. The first kappa shape index (κ1) is 9.26. The molecular formula is C9H17N3. The molecule has 0 radical (unpaired) electrons. The van der Waals surface area contributed by atoms with Crippen molar-refractivity contribution in [1.29, 1.82) is 0 Å². The van der Waals surface area contributed by atoms with E-state index in [9.17, 15) is 0 Å². The van der Waals surface area contributed by atoms with E-state index in [2.05, 4.69) is 18.9 Å². The highest BCUT2D eigenvalue weighted by molar-refractivity contribution is 4.99. The van der Waals surface area contributed by atoms with Gasteiger partial charge in [0.1, 0.15) is 0 Å². The lowest BCUT2D eigenvalue weighted by Crippen LogP contribution is -2.07. The van der Waals surface area contributed by atoms with Crippen molar-refractivity contribution in [3.8, 4) is 0 Å². The van der Waals surface area contributed by atoms with Gasteiger partial charge in [0.05, 0.1) is 5.69 Å². The Bertz CT molecular complexity index is 227. The normalized spacial score (nSPS) is 11.0. The molecule has 68 valence electrons. The molecule has 0 bridgehead atoms. The second-order valence-electron chi connectivity index (χ2n) is 3.46. The molecule has 0 amide bonds. The standard InChI is InChI=1S/C9H17N3/c1-8(2)7-12-6-4-9(11-12)3-5-10/h4,6,8H,3,5,7,10H2,1-2H3. The van der Waals surface area contributed by atoms with Crippen LogP contribution in [0, 0.1) is 5.92 Å². The van der Waals surface area contributed by atoms with Gasteiger partial charge in [0.2, 0.25) is 0 Å². The lowest BCUT2D eigenvalue weighted by Gasteiger charge is -2.03. The van der Waals surface area contributed by atoms with Crippen molar-refractivity contribution >= 4 is 0 Å². The molecule has 0 fully saturated rings. The third-order valence-electron chi connectivity index (χ3n) is 1.65. The molecule has 0 aliphatic rings. The second kappa shape index (κ2) is 4.26. The lowest BCUT2D eigenvalue weighted by atomic mass is 10.2. The van der Waals surface area contributed by atoms with Gasteiger partial charge in [0.15, 0.2) is 0 Å². The molecule has 0 aliphatic carbocycles. The summed E-state index contributed by atoms with van der Waals surface area (Å²) < 4.78 is 1.98. The van der Waals surface area contributed by atoms with Crippen molar-refractivity contribution in [2.75, 3.05) is 6.54 Å². The molecule has 1 rings (SSSR count). The minimum Gasteiger partial charge on any atom is -0.330 e. The van der Waals surface area contributed by atoms with Crippen molar-refractivity contribution in [2.45, 2.75) is 26.8 Å². The van der Waals surface area contributed by atoms with E-state index in [1.807, 2.05) is 16.9 Å². The van der Waals surface area contributed by atoms with Crippen LogP contribution in [-0.4, -0.2) is 16.3 Å². The lowest BCUT2D eigenvalue weighted by molar-refractivity contribution is 0.480. The van der Waals surface area contributed by atoms with Gasteiger partial charge in [-0.1, -0.05) is 13.8 Å². The highest BCUT2D eigenvalue weighted by atomic mass is 15.3. The van der Waals surface area contributed by atoms with Gasteiger partial charge in [-0.05, 0) is 18.5 Å². The van der Waals surface area contributed by atoms with Gasteiger partial charge in [-0.2, -0.15) is 5.10 Å². The molecule has 0 spiro atoms. The van der Waals surface area contributed by atoms with E-state index in [0.29, 0.717) is 12.5 Å². The summed E-state index contributed by atoms with van der Waals surface area (Å²) in [5.74, 6) is 0.649. The molecule has 12 heavy (non-hydrogen) atoms. The Morgan fingerprint density at radius 1 is 1.58 bits per heavy atom. The summed E-state index contributed by atoms with van der Waals surface area (Å²) in [6, 6.07) is 2.04. The average molecular weight is 167 g/mol. The summed E-state index contributed by atoms with van der Waals surface area (Å²) in [5.41, 5.74) is 6.52. The molecule has 0 saturated carbocycles. The van der Waals surface area contributed by atoms with E-state index < -0.39 is 0 Å². The summed E-state index contributed by atoms with van der Waals surface area (Å²) in [6.45, 7) is 6.04. The summed E-state index contributed by atoms with van der Waals surface area (Å²) in [7, 11) is 0. The fraction of sp³-hybridized carbons (Fsp3) is 0.667. The molecule has 0 atom stereocenters. The Morgan fingerprint density at radius 3 is 2.92 bits per heavy atom. The molecule has 1 heterocycles. The Balaban J connectivity index is 2.52. The van der Waals surface area contributed by atoms with Crippen LogP contribution in [0.3, 0.4) is 0 Å². The molecule has 3 heteroatoms. The predicted octanol–water partition coefficient (Wildman–Crippen LogP) is 1.04. The van der Waals surface area contributed by atoms with Crippen LogP contribution in [0.2, 0.25) is 0 Å². The maximum absolute atomic E-state index is 5.42. The van der Waals surface area contributed by atoms with Crippen LogP contribution in [-0.2, 0) is 13.0 Å². The number of hydrogen-bond acceptors (Lipinski definition) is 2. The Kier molecular flexibility index (Phi) is 3.29. The third-order valence-corrected chi connectivity index (χ3v) is 1.65. The van der Waals surface area contributed by atoms with Crippen LogP contribution in [0.5, 0.6) is 0 Å². The van der Waals surface area contributed by atoms with Gasteiger partial charge in [-0.3, -0.25) is 4.68 Å². The molecule has 3 nitrogen and oxygen atoms in total. The van der Waals surface area contributed by atoms with Gasteiger partial charge >= 0.3 is 0 Å². The average Bonchev–Trinajstić information content (AvgIpc) is 2.36. The SMILES string of the molecule is CC(C)Cn1ccc(CCN)n1. The number of nitrogens with two attached hydrogens (primary N) is 1. The van der Waals surface area contributed by atoms with Crippen LogP contribution >= 0.6 is 0 Å². The molecule has 2 N–H and O–H groups in total. The first-order valence-corrected chi connectivity index (χ1v) is 4.44. The molecule has 0 saturated heterocycles. The zero-order valence-electron chi connectivity index (χ0n) is 7.83. The number of rotatable bonds is 4. The van der Waals surface area contributed by atoms with E-state index in [0.717, 1.165) is 18.7 Å². The van der Waals surface area contributed by atoms with Crippen molar-refractivity contribution in [1.82, 2.24) is 9.78 Å². The Hall–Kier alpha value is -0.830. The first-order valence-electron chi connectivity index (χ1n) is 4.44. The van der Waals surface area contributed by atoms with Crippen LogP contribution in [0.15, 0.2) is 12.3 Å². The zero-order valence-corrected chi connectivity index (χ0v) is 7.83. The quantitative estimate of drug-likeness (QED) is 0.728. The second-order valence-corrected chi connectivity index (χ2v) is 3.46. The van der Waals surface area contributed by atoms with Crippen LogP contribution in [0.1, 0.15) is 19.5 Å². The van der Waals surface area contributed by atoms with Crippen molar-refractivity contribution in [3.05, 3.63) is 18.0 Å². The van der Waals surface area contributed by atoms with Gasteiger partial charge in [-0.15, -0.1) is 0 Å². The first-order chi connectivity index (χ1) is 5.72. The van der Waals surface area contributed by atoms with Crippen molar-refractivity contribution < 1.29 is 0 Å². The van der Waals surface area contributed by atoms with Crippen molar-refractivity contribution in [3.63, 3.8) is 0 Å². The maximum Gasteiger partial charge on any atom is 0.0637 e. The summed E-state index contributed by atoms with van der Waals surface area (Å²) in [4.78, 5) is 0. The fourth-order valence-electron chi connectivity index (χ4n) is 1.16. The fourth-order valence-corrected chi connectivity index (χ4v) is 1.16. The van der Waals surface area contributed by atoms with E-state index >= 15 is 0 Å². The smallest absolute Gasteiger partial charge is 0.0637 e. The number of nitrogens with zero attached hydrogens (tertiary/aromatic N) is 2. The summed E-state index contributed by atoms with van der Waals surface area (Å²) in [6.07, 6.45) is 2.90. The van der Waals surface area contributed by atoms with Gasteiger partial charge in [-0.25, -0.2) is 0 Å². The Labute approximate surface area is 73.6 Å². The monoisotopic (exact) mass is 167 g/mol. The maximum atomic E-state index is 5.42. The topological polar surface area (TPSA) is 43.8 Å². The summed E-state index contributed by atoms with van der Waals surface area (Å²) >= 11 is 0. The molecule has 1 aromatic rings. The minimum absolute atomic E-state index is 0.649.